The Labute approximate surface area is 121 Å². The van der Waals surface area contributed by atoms with Crippen molar-refractivity contribution < 1.29 is 4.74 Å². The number of methoxy groups -OCH3 is 1. The van der Waals surface area contributed by atoms with Gasteiger partial charge in [0.05, 0.1) is 17.8 Å². The zero-order chi connectivity index (χ0) is 13.8. The lowest BCUT2D eigenvalue weighted by atomic mass is 10.0. The summed E-state index contributed by atoms with van der Waals surface area (Å²) in [5.41, 5.74) is 2.25. The van der Waals surface area contributed by atoms with Crippen molar-refractivity contribution in [2.24, 2.45) is 0 Å². The summed E-state index contributed by atoms with van der Waals surface area (Å²) in [5.74, 6) is 1.47. The van der Waals surface area contributed by atoms with Crippen LogP contribution < -0.4 is 10.1 Å². The second-order valence-corrected chi connectivity index (χ2v) is 5.27. The first-order valence-electron chi connectivity index (χ1n) is 6.04. The lowest BCUT2D eigenvalue weighted by Crippen LogP contribution is -2.02. The molecular formula is C14H16BrN3O. The molecule has 1 aromatic carbocycles. The highest BCUT2D eigenvalue weighted by Gasteiger charge is 2.09. The quantitative estimate of drug-likeness (QED) is 0.920. The maximum Gasteiger partial charge on any atom is 0.232 e. The van der Waals surface area contributed by atoms with Gasteiger partial charge in [0.25, 0.3) is 0 Å². The standard InChI is InChI=1S/C14H16BrN3O/c1-9(2)10-6-4-5-7-12(10)17-14-16-8-11(15)13(18-14)19-3/h4-9H,1-3H3,(H,16,17,18). The molecule has 0 saturated carbocycles. The Morgan fingerprint density at radius 1 is 1.26 bits per heavy atom. The lowest BCUT2D eigenvalue weighted by molar-refractivity contribution is 0.394. The van der Waals surface area contributed by atoms with E-state index in [1.807, 2.05) is 18.2 Å². The Morgan fingerprint density at radius 2 is 2.00 bits per heavy atom. The number of benzene rings is 1. The molecule has 5 heteroatoms. The summed E-state index contributed by atoms with van der Waals surface area (Å²) in [7, 11) is 1.58. The molecule has 2 rings (SSSR count). The number of hydrogen-bond donors (Lipinski definition) is 1. The van der Waals surface area contributed by atoms with Crippen LogP contribution in [0.3, 0.4) is 0 Å². The Morgan fingerprint density at radius 3 is 2.68 bits per heavy atom. The number of hydrogen-bond acceptors (Lipinski definition) is 4. The zero-order valence-corrected chi connectivity index (χ0v) is 12.7. The predicted molar refractivity (Wildman–Crippen MR) is 80.1 cm³/mol. The van der Waals surface area contributed by atoms with Crippen LogP contribution in [0.25, 0.3) is 0 Å². The van der Waals surface area contributed by atoms with Crippen molar-refractivity contribution >= 4 is 27.6 Å². The highest BCUT2D eigenvalue weighted by atomic mass is 79.9. The minimum Gasteiger partial charge on any atom is -0.480 e. The maximum absolute atomic E-state index is 5.16. The second kappa shape index (κ2) is 6.02. The third-order valence-corrected chi connectivity index (χ3v) is 3.28. The van der Waals surface area contributed by atoms with Crippen LogP contribution in [0.1, 0.15) is 25.3 Å². The van der Waals surface area contributed by atoms with Crippen molar-refractivity contribution in [1.29, 1.82) is 0 Å². The fraction of sp³-hybridized carbons (Fsp3) is 0.286. The Bertz CT molecular complexity index is 572. The van der Waals surface area contributed by atoms with Gasteiger partial charge in [-0.1, -0.05) is 32.0 Å². The van der Waals surface area contributed by atoms with Crippen molar-refractivity contribution in [3.05, 3.63) is 40.5 Å². The molecule has 0 amide bonds. The van der Waals surface area contributed by atoms with Gasteiger partial charge in [-0.25, -0.2) is 4.98 Å². The molecule has 1 aromatic heterocycles. The Hall–Kier alpha value is -1.62. The molecule has 1 N–H and O–H groups in total. The average Bonchev–Trinajstić information content (AvgIpc) is 2.41. The van der Waals surface area contributed by atoms with E-state index in [4.69, 9.17) is 4.74 Å². The van der Waals surface area contributed by atoms with E-state index in [1.54, 1.807) is 13.3 Å². The fourth-order valence-electron chi connectivity index (χ4n) is 1.79. The molecule has 2 aromatic rings. The van der Waals surface area contributed by atoms with E-state index in [1.165, 1.54) is 5.56 Å². The normalized spacial score (nSPS) is 10.6. The molecule has 0 unspecified atom stereocenters. The third kappa shape index (κ3) is 3.23. The smallest absolute Gasteiger partial charge is 0.232 e. The first-order chi connectivity index (χ1) is 9.11. The van der Waals surface area contributed by atoms with E-state index >= 15 is 0 Å². The molecule has 0 atom stereocenters. The molecule has 0 aliphatic carbocycles. The van der Waals surface area contributed by atoms with Gasteiger partial charge in [0.1, 0.15) is 0 Å². The topological polar surface area (TPSA) is 47.0 Å². The SMILES string of the molecule is COc1nc(Nc2ccccc2C(C)C)ncc1Br. The van der Waals surface area contributed by atoms with Crippen molar-refractivity contribution in [2.75, 3.05) is 12.4 Å². The van der Waals surface area contributed by atoms with Gasteiger partial charge >= 0.3 is 0 Å². The van der Waals surface area contributed by atoms with E-state index in [0.29, 0.717) is 17.7 Å². The highest BCUT2D eigenvalue weighted by Crippen LogP contribution is 2.27. The minimum absolute atomic E-state index is 0.432. The first kappa shape index (κ1) is 13.8. The van der Waals surface area contributed by atoms with Crippen LogP contribution in [-0.2, 0) is 0 Å². The van der Waals surface area contributed by atoms with Crippen LogP contribution in [0.5, 0.6) is 5.88 Å². The Kier molecular flexibility index (Phi) is 4.37. The number of para-hydroxylation sites is 1. The summed E-state index contributed by atoms with van der Waals surface area (Å²) in [6, 6.07) is 8.14. The van der Waals surface area contributed by atoms with Gasteiger partial charge in [0.15, 0.2) is 0 Å². The number of rotatable bonds is 4. The summed E-state index contributed by atoms with van der Waals surface area (Å²) in [4.78, 5) is 8.53. The van der Waals surface area contributed by atoms with Crippen molar-refractivity contribution in [3.8, 4) is 5.88 Å². The molecule has 0 fully saturated rings. The molecule has 0 aliphatic heterocycles. The van der Waals surface area contributed by atoms with Crippen molar-refractivity contribution in [3.63, 3.8) is 0 Å². The number of halogens is 1. The molecule has 1 heterocycles. The number of ether oxygens (including phenoxy) is 1. The van der Waals surface area contributed by atoms with Gasteiger partial charge in [-0.3, -0.25) is 0 Å². The molecule has 0 aliphatic rings. The van der Waals surface area contributed by atoms with Crippen LogP contribution in [0.4, 0.5) is 11.6 Å². The molecule has 0 spiro atoms. The van der Waals surface area contributed by atoms with E-state index < -0.39 is 0 Å². The zero-order valence-electron chi connectivity index (χ0n) is 11.1. The molecule has 4 nitrogen and oxygen atoms in total. The van der Waals surface area contributed by atoms with Gasteiger partial charge < -0.3 is 10.1 Å². The monoisotopic (exact) mass is 321 g/mol. The summed E-state index contributed by atoms with van der Waals surface area (Å²) in [6.45, 7) is 4.31. The van der Waals surface area contributed by atoms with E-state index in [-0.39, 0.29) is 0 Å². The summed E-state index contributed by atoms with van der Waals surface area (Å²) >= 11 is 3.34. The summed E-state index contributed by atoms with van der Waals surface area (Å²) < 4.78 is 5.90. The van der Waals surface area contributed by atoms with Crippen LogP contribution in [0.15, 0.2) is 34.9 Å². The molecular weight excluding hydrogens is 306 g/mol. The van der Waals surface area contributed by atoms with Gasteiger partial charge in [0.2, 0.25) is 11.8 Å². The van der Waals surface area contributed by atoms with Crippen LogP contribution in [0.2, 0.25) is 0 Å². The molecule has 19 heavy (non-hydrogen) atoms. The number of nitrogens with one attached hydrogen (secondary N) is 1. The Balaban J connectivity index is 2.31. The van der Waals surface area contributed by atoms with Crippen LogP contribution in [-0.4, -0.2) is 17.1 Å². The van der Waals surface area contributed by atoms with E-state index in [9.17, 15) is 0 Å². The van der Waals surface area contributed by atoms with E-state index in [0.717, 1.165) is 10.2 Å². The van der Waals surface area contributed by atoms with Crippen LogP contribution in [0, 0.1) is 0 Å². The molecule has 0 radical (unpaired) electrons. The number of aromatic nitrogens is 2. The predicted octanol–water partition coefficient (Wildman–Crippen LogP) is 4.11. The van der Waals surface area contributed by atoms with Gasteiger partial charge in [-0.05, 0) is 33.5 Å². The maximum atomic E-state index is 5.16. The molecule has 0 saturated heterocycles. The second-order valence-electron chi connectivity index (χ2n) is 4.42. The first-order valence-corrected chi connectivity index (χ1v) is 6.83. The number of anilines is 2. The van der Waals surface area contributed by atoms with Gasteiger partial charge in [0, 0.05) is 5.69 Å². The van der Waals surface area contributed by atoms with Gasteiger partial charge in [-0.15, -0.1) is 0 Å². The van der Waals surface area contributed by atoms with Gasteiger partial charge in [-0.2, -0.15) is 4.98 Å². The highest BCUT2D eigenvalue weighted by molar-refractivity contribution is 9.10. The van der Waals surface area contributed by atoms with Crippen LogP contribution >= 0.6 is 15.9 Å². The average molecular weight is 322 g/mol. The lowest BCUT2D eigenvalue weighted by Gasteiger charge is -2.13. The fourth-order valence-corrected chi connectivity index (χ4v) is 2.14. The van der Waals surface area contributed by atoms with Crippen molar-refractivity contribution in [2.45, 2.75) is 19.8 Å². The van der Waals surface area contributed by atoms with E-state index in [2.05, 4.69) is 51.1 Å². The molecule has 100 valence electrons. The summed E-state index contributed by atoms with van der Waals surface area (Å²) in [5, 5.41) is 3.23. The minimum atomic E-state index is 0.432. The number of nitrogens with zero attached hydrogens (tertiary/aromatic N) is 2. The summed E-state index contributed by atoms with van der Waals surface area (Å²) in [6.07, 6.45) is 1.67. The largest absolute Gasteiger partial charge is 0.480 e. The molecule has 0 bridgehead atoms. The van der Waals surface area contributed by atoms with Crippen molar-refractivity contribution in [1.82, 2.24) is 9.97 Å². The third-order valence-electron chi connectivity index (χ3n) is 2.73.